The Morgan fingerprint density at radius 1 is 1.31 bits per heavy atom. The average molecular weight is 350 g/mol. The molecule has 134 valence electrons. The summed E-state index contributed by atoms with van der Waals surface area (Å²) in [6.07, 6.45) is 6.99. The van der Waals surface area contributed by atoms with E-state index in [1.165, 1.54) is 0 Å². The first kappa shape index (κ1) is 16.7. The molecule has 1 fully saturated rings. The molecule has 1 saturated heterocycles. The summed E-state index contributed by atoms with van der Waals surface area (Å²) >= 11 is 0. The summed E-state index contributed by atoms with van der Waals surface area (Å²) < 4.78 is 1.63. The summed E-state index contributed by atoms with van der Waals surface area (Å²) in [5, 5.41) is 4.24. The van der Waals surface area contributed by atoms with E-state index >= 15 is 0 Å². The minimum absolute atomic E-state index is 0.00303. The number of likely N-dealkylation sites (tertiary alicyclic amines) is 1. The number of rotatable bonds is 4. The van der Waals surface area contributed by atoms with E-state index in [4.69, 9.17) is 4.98 Å². The molecule has 0 aromatic carbocycles. The highest BCUT2D eigenvalue weighted by atomic mass is 16.2. The highest BCUT2D eigenvalue weighted by Crippen LogP contribution is 2.32. The molecule has 26 heavy (non-hydrogen) atoms. The van der Waals surface area contributed by atoms with Crippen LogP contribution in [-0.4, -0.2) is 55.9 Å². The van der Waals surface area contributed by atoms with Crippen molar-refractivity contribution in [2.75, 3.05) is 20.6 Å². The van der Waals surface area contributed by atoms with Gasteiger partial charge < -0.3 is 9.80 Å². The van der Waals surface area contributed by atoms with Gasteiger partial charge >= 0.3 is 0 Å². The molecular weight excluding hydrogens is 328 g/mol. The summed E-state index contributed by atoms with van der Waals surface area (Å²) in [6, 6.07) is 7.87. The Labute approximate surface area is 152 Å². The SMILES string of the molecule is CN(C)Cc1cccc(C2CCCN2C(=O)c2cnn3cccnc23)n1. The van der Waals surface area contributed by atoms with Crippen molar-refractivity contribution in [3.8, 4) is 0 Å². The third-order valence-corrected chi connectivity index (χ3v) is 4.67. The largest absolute Gasteiger partial charge is 0.330 e. The van der Waals surface area contributed by atoms with Crippen molar-refractivity contribution >= 4 is 11.6 Å². The lowest BCUT2D eigenvalue weighted by Gasteiger charge is -2.24. The van der Waals surface area contributed by atoms with Gasteiger partial charge in [0.2, 0.25) is 0 Å². The minimum Gasteiger partial charge on any atom is -0.330 e. The van der Waals surface area contributed by atoms with E-state index in [1.54, 1.807) is 29.2 Å². The van der Waals surface area contributed by atoms with Crippen LogP contribution in [0.2, 0.25) is 0 Å². The van der Waals surface area contributed by atoms with Crippen LogP contribution in [0.5, 0.6) is 0 Å². The second kappa shape index (κ2) is 6.84. The van der Waals surface area contributed by atoms with E-state index < -0.39 is 0 Å². The van der Waals surface area contributed by atoms with Crippen LogP contribution in [-0.2, 0) is 6.54 Å². The normalized spacial score (nSPS) is 17.3. The Kier molecular flexibility index (Phi) is 4.38. The van der Waals surface area contributed by atoms with Gasteiger partial charge in [-0.1, -0.05) is 6.07 Å². The number of pyridine rings is 1. The lowest BCUT2D eigenvalue weighted by molar-refractivity contribution is 0.0734. The molecule has 1 atom stereocenters. The molecule has 0 radical (unpaired) electrons. The van der Waals surface area contributed by atoms with E-state index in [0.717, 1.165) is 37.3 Å². The molecule has 4 heterocycles. The Hall–Kier alpha value is -2.80. The van der Waals surface area contributed by atoms with Crippen LogP contribution in [0, 0.1) is 0 Å². The van der Waals surface area contributed by atoms with Crippen molar-refractivity contribution < 1.29 is 4.79 Å². The molecule has 4 rings (SSSR count). The molecule has 7 nitrogen and oxygen atoms in total. The van der Waals surface area contributed by atoms with E-state index in [0.29, 0.717) is 11.2 Å². The fourth-order valence-electron chi connectivity index (χ4n) is 3.55. The highest BCUT2D eigenvalue weighted by molar-refractivity contribution is 5.99. The Morgan fingerprint density at radius 3 is 3.04 bits per heavy atom. The van der Waals surface area contributed by atoms with Crippen LogP contribution in [0.3, 0.4) is 0 Å². The van der Waals surface area contributed by atoms with E-state index in [1.807, 2.05) is 37.2 Å². The van der Waals surface area contributed by atoms with Crippen LogP contribution in [0.25, 0.3) is 5.65 Å². The number of hydrogen-bond donors (Lipinski definition) is 0. The second-order valence-corrected chi connectivity index (χ2v) is 6.89. The first-order chi connectivity index (χ1) is 12.6. The maximum atomic E-state index is 13.2. The van der Waals surface area contributed by atoms with Gasteiger partial charge in [-0.3, -0.25) is 9.78 Å². The summed E-state index contributed by atoms with van der Waals surface area (Å²) in [7, 11) is 4.05. The molecule has 7 heteroatoms. The van der Waals surface area contributed by atoms with Gasteiger partial charge in [0.1, 0.15) is 5.56 Å². The van der Waals surface area contributed by atoms with Gasteiger partial charge in [-0.05, 0) is 45.1 Å². The Balaban J connectivity index is 1.63. The zero-order valence-corrected chi connectivity index (χ0v) is 15.0. The monoisotopic (exact) mass is 350 g/mol. The molecule has 0 N–H and O–H groups in total. The van der Waals surface area contributed by atoms with Crippen molar-refractivity contribution in [1.29, 1.82) is 0 Å². The predicted octanol–water partition coefficient (Wildman–Crippen LogP) is 2.16. The molecule has 1 amide bonds. The van der Waals surface area contributed by atoms with Gasteiger partial charge in [-0.2, -0.15) is 5.10 Å². The molecule has 1 aliphatic rings. The van der Waals surface area contributed by atoms with E-state index in [9.17, 15) is 4.79 Å². The third-order valence-electron chi connectivity index (χ3n) is 4.67. The average Bonchev–Trinajstić information content (AvgIpc) is 3.28. The van der Waals surface area contributed by atoms with Crippen LogP contribution in [0.15, 0.2) is 42.9 Å². The van der Waals surface area contributed by atoms with Crippen molar-refractivity contribution in [2.45, 2.75) is 25.4 Å². The second-order valence-electron chi connectivity index (χ2n) is 6.89. The lowest BCUT2D eigenvalue weighted by Crippen LogP contribution is -2.31. The van der Waals surface area contributed by atoms with Crippen molar-refractivity contribution in [1.82, 2.24) is 29.4 Å². The van der Waals surface area contributed by atoms with Gasteiger partial charge in [-0.15, -0.1) is 0 Å². The molecular formula is C19H22N6O. The number of hydrogen-bond acceptors (Lipinski definition) is 5. The fraction of sp³-hybridized carbons (Fsp3) is 0.368. The molecule has 0 aliphatic carbocycles. The Morgan fingerprint density at radius 2 is 2.19 bits per heavy atom. The van der Waals surface area contributed by atoms with Crippen LogP contribution in [0.1, 0.15) is 40.6 Å². The van der Waals surface area contributed by atoms with Gasteiger partial charge in [0.05, 0.1) is 23.6 Å². The molecule has 3 aromatic heterocycles. The van der Waals surface area contributed by atoms with Crippen LogP contribution < -0.4 is 0 Å². The van der Waals surface area contributed by atoms with Crippen LogP contribution in [0.4, 0.5) is 0 Å². The summed E-state index contributed by atoms with van der Waals surface area (Å²) in [5.41, 5.74) is 3.11. The van der Waals surface area contributed by atoms with Gasteiger partial charge in [0.25, 0.3) is 5.91 Å². The van der Waals surface area contributed by atoms with Crippen LogP contribution >= 0.6 is 0 Å². The Bertz CT molecular complexity index is 934. The molecule has 0 bridgehead atoms. The number of carbonyl (C=O) groups is 1. The van der Waals surface area contributed by atoms with E-state index in [2.05, 4.69) is 15.0 Å². The zero-order valence-electron chi connectivity index (χ0n) is 15.0. The molecule has 0 spiro atoms. The maximum Gasteiger partial charge on any atom is 0.259 e. The minimum atomic E-state index is -0.0268. The van der Waals surface area contributed by atoms with Crippen molar-refractivity contribution in [3.05, 3.63) is 59.8 Å². The summed E-state index contributed by atoms with van der Waals surface area (Å²) in [4.78, 5) is 26.3. The molecule has 3 aromatic rings. The maximum absolute atomic E-state index is 13.2. The quantitative estimate of drug-likeness (QED) is 0.721. The predicted molar refractivity (Wildman–Crippen MR) is 97.6 cm³/mol. The third kappa shape index (κ3) is 3.06. The number of amides is 1. The van der Waals surface area contributed by atoms with Gasteiger partial charge in [0.15, 0.2) is 5.65 Å². The molecule has 1 unspecified atom stereocenters. The first-order valence-electron chi connectivity index (χ1n) is 8.83. The van der Waals surface area contributed by atoms with Gasteiger partial charge in [-0.25, -0.2) is 9.50 Å². The fourth-order valence-corrected chi connectivity index (χ4v) is 3.55. The van der Waals surface area contributed by atoms with Crippen molar-refractivity contribution in [3.63, 3.8) is 0 Å². The standard InChI is InChI=1S/C19H22N6O/c1-23(2)13-14-6-3-7-16(22-14)17-8-4-10-24(17)19(26)15-12-21-25-11-5-9-20-18(15)25/h3,5-7,9,11-12,17H,4,8,10,13H2,1-2H3. The van der Waals surface area contributed by atoms with E-state index in [-0.39, 0.29) is 11.9 Å². The first-order valence-corrected chi connectivity index (χ1v) is 8.83. The molecule has 1 aliphatic heterocycles. The topological polar surface area (TPSA) is 66.6 Å². The highest BCUT2D eigenvalue weighted by Gasteiger charge is 2.33. The van der Waals surface area contributed by atoms with Gasteiger partial charge in [0, 0.05) is 25.5 Å². The number of aromatic nitrogens is 4. The smallest absolute Gasteiger partial charge is 0.259 e. The molecule has 0 saturated carbocycles. The number of carbonyl (C=O) groups excluding carboxylic acids is 1. The summed E-state index contributed by atoms with van der Waals surface area (Å²) in [6.45, 7) is 1.51. The zero-order chi connectivity index (χ0) is 18.1. The van der Waals surface area contributed by atoms with Crippen molar-refractivity contribution in [2.24, 2.45) is 0 Å². The number of fused-ring (bicyclic) bond motifs is 1. The number of nitrogens with zero attached hydrogens (tertiary/aromatic N) is 6. The summed E-state index contributed by atoms with van der Waals surface area (Å²) in [5.74, 6) is -0.0268. The lowest BCUT2D eigenvalue weighted by atomic mass is 10.1.